The molecule has 1 saturated heterocycles. The highest BCUT2D eigenvalue weighted by atomic mass is 35.5. The zero-order valence-electron chi connectivity index (χ0n) is 17.7. The van der Waals surface area contributed by atoms with Crippen LogP contribution in [0.1, 0.15) is 24.0 Å². The monoisotopic (exact) mass is 488 g/mol. The summed E-state index contributed by atoms with van der Waals surface area (Å²) >= 11 is 12.4. The van der Waals surface area contributed by atoms with Crippen molar-refractivity contribution in [2.75, 3.05) is 13.1 Å². The lowest BCUT2D eigenvalue weighted by atomic mass is 10.0. The van der Waals surface area contributed by atoms with Gasteiger partial charge in [0, 0.05) is 42.3 Å². The van der Waals surface area contributed by atoms with Crippen molar-refractivity contribution in [1.29, 1.82) is 0 Å². The van der Waals surface area contributed by atoms with E-state index >= 15 is 0 Å². The molecule has 1 aliphatic heterocycles. The van der Waals surface area contributed by atoms with Crippen molar-refractivity contribution in [3.8, 4) is 0 Å². The summed E-state index contributed by atoms with van der Waals surface area (Å²) in [5, 5.41) is 1.08. The van der Waals surface area contributed by atoms with E-state index in [9.17, 15) is 8.42 Å². The van der Waals surface area contributed by atoms with E-state index in [1.807, 2.05) is 36.4 Å². The van der Waals surface area contributed by atoms with Gasteiger partial charge in [-0.25, -0.2) is 8.42 Å². The fraction of sp³-hybridized carbons (Fsp3) is 0.280. The molecule has 0 bridgehead atoms. The van der Waals surface area contributed by atoms with Crippen molar-refractivity contribution in [1.82, 2.24) is 9.21 Å². The molecule has 1 fully saturated rings. The molecule has 1 heterocycles. The molecule has 1 aliphatic rings. The van der Waals surface area contributed by atoms with E-state index in [4.69, 9.17) is 23.2 Å². The summed E-state index contributed by atoms with van der Waals surface area (Å²) in [7, 11) is -3.71. The molecule has 4 rings (SSSR count). The molecule has 0 N–H and O–H groups in total. The Kier molecular flexibility index (Phi) is 7.54. The standard InChI is InChI=1S/C25H26Cl2N2O2S/c26-22-10-12-24(13-11-22)32(30,31)29(19-21-8-4-5-9-25(21)27)23-14-16-28(17-15-23)18-20-6-2-1-3-7-20/h1-13,23H,14-19H2. The SMILES string of the molecule is O=S(=O)(c1ccc(Cl)cc1)N(Cc1ccccc1Cl)C1CCN(Cc2ccccc2)CC1. The number of hydrogen-bond donors (Lipinski definition) is 0. The van der Waals surface area contributed by atoms with Crippen LogP contribution in [0.2, 0.25) is 10.0 Å². The number of piperidine rings is 1. The molecule has 0 spiro atoms. The minimum atomic E-state index is -3.71. The van der Waals surface area contributed by atoms with E-state index in [0.717, 1.165) is 38.0 Å². The van der Waals surface area contributed by atoms with Gasteiger partial charge in [-0.1, -0.05) is 71.7 Å². The second-order valence-corrected chi connectivity index (χ2v) is 10.8. The van der Waals surface area contributed by atoms with Crippen LogP contribution >= 0.6 is 23.2 Å². The van der Waals surface area contributed by atoms with Crippen molar-refractivity contribution in [2.45, 2.75) is 36.9 Å². The fourth-order valence-corrected chi connectivity index (χ4v) is 6.14. The molecule has 0 saturated carbocycles. The van der Waals surface area contributed by atoms with Crippen molar-refractivity contribution in [3.05, 3.63) is 100 Å². The molecule has 0 atom stereocenters. The summed E-state index contributed by atoms with van der Waals surface area (Å²) in [6.45, 7) is 2.80. The van der Waals surface area contributed by atoms with Crippen LogP contribution in [0.4, 0.5) is 0 Å². The van der Waals surface area contributed by atoms with Crippen LogP contribution in [0.5, 0.6) is 0 Å². The predicted octanol–water partition coefficient (Wildman–Crippen LogP) is 5.85. The Labute approximate surface area is 200 Å². The summed E-state index contributed by atoms with van der Waals surface area (Å²) in [6, 6.07) is 24.1. The average molecular weight is 489 g/mol. The number of benzene rings is 3. The minimum Gasteiger partial charge on any atom is -0.299 e. The van der Waals surface area contributed by atoms with E-state index in [0.29, 0.717) is 10.0 Å². The van der Waals surface area contributed by atoms with Gasteiger partial charge in [-0.05, 0) is 54.3 Å². The predicted molar refractivity (Wildman–Crippen MR) is 130 cm³/mol. The Bertz CT molecular complexity index is 1130. The Morgan fingerprint density at radius 1 is 0.844 bits per heavy atom. The largest absolute Gasteiger partial charge is 0.299 e. The normalized spacial score (nSPS) is 15.8. The molecule has 168 valence electrons. The molecule has 0 radical (unpaired) electrons. The zero-order valence-corrected chi connectivity index (χ0v) is 20.0. The second-order valence-electron chi connectivity index (χ2n) is 8.09. The maximum Gasteiger partial charge on any atom is 0.243 e. The van der Waals surface area contributed by atoms with Crippen LogP contribution in [0.15, 0.2) is 83.8 Å². The van der Waals surface area contributed by atoms with Gasteiger partial charge >= 0.3 is 0 Å². The molecule has 4 nitrogen and oxygen atoms in total. The van der Waals surface area contributed by atoms with Gasteiger partial charge < -0.3 is 0 Å². The van der Waals surface area contributed by atoms with Gasteiger partial charge in [0.1, 0.15) is 0 Å². The first-order chi connectivity index (χ1) is 15.4. The van der Waals surface area contributed by atoms with Gasteiger partial charge in [-0.15, -0.1) is 0 Å². The second kappa shape index (κ2) is 10.4. The number of likely N-dealkylation sites (tertiary alicyclic amines) is 1. The highest BCUT2D eigenvalue weighted by Crippen LogP contribution is 2.29. The average Bonchev–Trinajstić information content (AvgIpc) is 2.80. The number of hydrogen-bond acceptors (Lipinski definition) is 3. The van der Waals surface area contributed by atoms with E-state index in [-0.39, 0.29) is 17.5 Å². The lowest BCUT2D eigenvalue weighted by Gasteiger charge is -2.38. The number of nitrogens with zero attached hydrogens (tertiary/aromatic N) is 2. The highest BCUT2D eigenvalue weighted by Gasteiger charge is 2.34. The third kappa shape index (κ3) is 5.53. The van der Waals surface area contributed by atoms with Gasteiger partial charge in [-0.2, -0.15) is 4.31 Å². The third-order valence-corrected chi connectivity index (χ3v) is 8.45. The van der Waals surface area contributed by atoms with E-state index in [1.54, 1.807) is 34.6 Å². The lowest BCUT2D eigenvalue weighted by molar-refractivity contribution is 0.150. The van der Waals surface area contributed by atoms with Crippen LogP contribution in [0.25, 0.3) is 0 Å². The molecular weight excluding hydrogens is 463 g/mol. The fourth-order valence-electron chi connectivity index (χ4n) is 4.15. The molecular formula is C25H26Cl2N2O2S. The van der Waals surface area contributed by atoms with Gasteiger partial charge in [-0.3, -0.25) is 4.90 Å². The van der Waals surface area contributed by atoms with Crippen LogP contribution in [-0.4, -0.2) is 36.8 Å². The summed E-state index contributed by atoms with van der Waals surface area (Å²) in [6.07, 6.45) is 1.54. The Morgan fingerprint density at radius 2 is 1.47 bits per heavy atom. The Balaban J connectivity index is 1.55. The van der Waals surface area contributed by atoms with Crippen LogP contribution in [0.3, 0.4) is 0 Å². The van der Waals surface area contributed by atoms with Crippen LogP contribution in [0, 0.1) is 0 Å². The smallest absolute Gasteiger partial charge is 0.243 e. The van der Waals surface area contributed by atoms with Gasteiger partial charge in [0.2, 0.25) is 10.0 Å². The lowest BCUT2D eigenvalue weighted by Crippen LogP contribution is -2.46. The van der Waals surface area contributed by atoms with Gasteiger partial charge in [0.25, 0.3) is 0 Å². The minimum absolute atomic E-state index is 0.0982. The van der Waals surface area contributed by atoms with Crippen molar-refractivity contribution < 1.29 is 8.42 Å². The summed E-state index contributed by atoms with van der Waals surface area (Å²) in [5.41, 5.74) is 2.08. The van der Waals surface area contributed by atoms with Gasteiger partial charge in [0.15, 0.2) is 0 Å². The summed E-state index contributed by atoms with van der Waals surface area (Å²) < 4.78 is 28.9. The Morgan fingerprint density at radius 3 is 2.12 bits per heavy atom. The van der Waals surface area contributed by atoms with Crippen molar-refractivity contribution >= 4 is 33.2 Å². The molecule has 3 aromatic rings. The number of halogens is 2. The Hall–Kier alpha value is -1.89. The number of sulfonamides is 1. The highest BCUT2D eigenvalue weighted by molar-refractivity contribution is 7.89. The van der Waals surface area contributed by atoms with Gasteiger partial charge in [0.05, 0.1) is 4.90 Å². The first-order valence-corrected chi connectivity index (χ1v) is 12.9. The molecule has 0 aliphatic carbocycles. The molecule has 0 unspecified atom stereocenters. The quantitative estimate of drug-likeness (QED) is 0.418. The molecule has 0 amide bonds. The van der Waals surface area contributed by atoms with E-state index in [1.165, 1.54) is 5.56 Å². The maximum atomic E-state index is 13.7. The molecule has 3 aromatic carbocycles. The van der Waals surface area contributed by atoms with E-state index in [2.05, 4.69) is 17.0 Å². The van der Waals surface area contributed by atoms with Crippen LogP contribution < -0.4 is 0 Å². The van der Waals surface area contributed by atoms with E-state index < -0.39 is 10.0 Å². The summed E-state index contributed by atoms with van der Waals surface area (Å²) in [4.78, 5) is 2.63. The third-order valence-electron chi connectivity index (χ3n) is 5.92. The van der Waals surface area contributed by atoms with Crippen molar-refractivity contribution in [2.24, 2.45) is 0 Å². The molecule has 32 heavy (non-hydrogen) atoms. The molecule has 0 aromatic heterocycles. The maximum absolute atomic E-state index is 13.7. The van der Waals surface area contributed by atoms with Crippen molar-refractivity contribution in [3.63, 3.8) is 0 Å². The first kappa shape index (κ1) is 23.3. The van der Waals surface area contributed by atoms with Crippen LogP contribution in [-0.2, 0) is 23.1 Å². The number of rotatable bonds is 7. The topological polar surface area (TPSA) is 40.6 Å². The summed E-state index contributed by atoms with van der Waals surface area (Å²) in [5.74, 6) is 0. The molecule has 7 heteroatoms. The first-order valence-electron chi connectivity index (χ1n) is 10.7. The zero-order chi connectivity index (χ0) is 22.6.